The van der Waals surface area contributed by atoms with Crippen molar-refractivity contribution >= 4 is 27.5 Å². The average molecular weight is 484 g/mol. The molecule has 2 aromatic rings. The van der Waals surface area contributed by atoms with Gasteiger partial charge in [-0.15, -0.1) is 0 Å². The molecule has 2 amide bonds. The van der Waals surface area contributed by atoms with Gasteiger partial charge in [0, 0.05) is 18.3 Å². The fourth-order valence-corrected chi connectivity index (χ4v) is 6.60. The number of nitrogens with one attached hydrogen (secondary N) is 1. The summed E-state index contributed by atoms with van der Waals surface area (Å²) in [5.41, 5.74) is 1.15. The van der Waals surface area contributed by atoms with E-state index in [2.05, 4.69) is 5.32 Å². The molecule has 0 bridgehead atoms. The molecule has 7 nitrogen and oxygen atoms in total. The largest absolute Gasteiger partial charge is 0.351 e. The Hall–Kier alpha value is -2.71. The molecule has 1 aliphatic carbocycles. The SMILES string of the molecule is Cc1ccc(N2C(=O)CN(S(=O)(=O)c3ccccc3)C[C@]2(C)C(=O)NC2CCCCC2)c(C)c1. The zero-order valence-corrected chi connectivity index (χ0v) is 20.9. The van der Waals surface area contributed by atoms with Crippen LogP contribution in [0.5, 0.6) is 0 Å². The molecular formula is C26H33N3O4S. The van der Waals surface area contributed by atoms with Crippen molar-refractivity contribution in [2.75, 3.05) is 18.0 Å². The molecule has 2 fully saturated rings. The van der Waals surface area contributed by atoms with Gasteiger partial charge in [-0.1, -0.05) is 55.2 Å². The minimum absolute atomic E-state index is 0.0373. The van der Waals surface area contributed by atoms with Crippen molar-refractivity contribution in [1.29, 1.82) is 0 Å². The van der Waals surface area contributed by atoms with Gasteiger partial charge in [-0.25, -0.2) is 8.42 Å². The molecule has 8 heteroatoms. The summed E-state index contributed by atoms with van der Waals surface area (Å²) in [6.07, 6.45) is 5.04. The van der Waals surface area contributed by atoms with Gasteiger partial charge in [-0.05, 0) is 57.4 Å². The Kier molecular flexibility index (Phi) is 6.82. The van der Waals surface area contributed by atoms with Crippen LogP contribution in [0.2, 0.25) is 0 Å². The second-order valence-corrected chi connectivity index (χ2v) is 11.6. The van der Waals surface area contributed by atoms with E-state index in [0.717, 1.165) is 47.5 Å². The van der Waals surface area contributed by atoms with Crippen LogP contribution in [0.3, 0.4) is 0 Å². The third-order valence-corrected chi connectivity index (χ3v) is 8.75. The number of hydrogen-bond acceptors (Lipinski definition) is 4. The van der Waals surface area contributed by atoms with Crippen LogP contribution in [-0.4, -0.2) is 49.2 Å². The quantitative estimate of drug-likeness (QED) is 0.705. The lowest BCUT2D eigenvalue weighted by atomic mass is 9.90. The standard InChI is InChI=1S/C26H33N3O4S/c1-19-14-15-23(20(2)16-19)29-24(30)17-28(34(32,33)22-12-8-5-9-13-22)18-26(29,3)25(31)27-21-10-6-4-7-11-21/h5,8-9,12-16,21H,4,6-7,10-11,17-18H2,1-3H3,(H,27,31)/t26-/m1/s1. The highest BCUT2D eigenvalue weighted by atomic mass is 32.2. The Balaban J connectivity index is 1.74. The maximum Gasteiger partial charge on any atom is 0.247 e. The summed E-state index contributed by atoms with van der Waals surface area (Å²) >= 11 is 0. The maximum absolute atomic E-state index is 13.8. The Morgan fingerprint density at radius 3 is 2.35 bits per heavy atom. The number of amides is 2. The second kappa shape index (κ2) is 9.50. The third kappa shape index (κ3) is 4.61. The number of nitrogens with zero attached hydrogens (tertiary/aromatic N) is 2. The fraction of sp³-hybridized carbons (Fsp3) is 0.462. The van der Waals surface area contributed by atoms with Crippen molar-refractivity contribution in [3.63, 3.8) is 0 Å². The van der Waals surface area contributed by atoms with Crippen LogP contribution >= 0.6 is 0 Å². The predicted octanol–water partition coefficient (Wildman–Crippen LogP) is 3.55. The summed E-state index contributed by atoms with van der Waals surface area (Å²) in [5, 5.41) is 3.14. The highest BCUT2D eigenvalue weighted by Gasteiger charge is 2.51. The smallest absolute Gasteiger partial charge is 0.247 e. The van der Waals surface area contributed by atoms with Crippen molar-refractivity contribution in [1.82, 2.24) is 9.62 Å². The number of sulfonamides is 1. The van der Waals surface area contributed by atoms with Crippen LogP contribution in [0, 0.1) is 13.8 Å². The summed E-state index contributed by atoms with van der Waals surface area (Å²) in [4.78, 5) is 29.0. The molecule has 1 heterocycles. The first-order chi connectivity index (χ1) is 16.1. The summed E-state index contributed by atoms with van der Waals surface area (Å²) in [5.74, 6) is -0.736. The number of hydrogen-bond donors (Lipinski definition) is 1. The van der Waals surface area contributed by atoms with Gasteiger partial charge in [0.25, 0.3) is 0 Å². The number of aryl methyl sites for hydroxylation is 2. The van der Waals surface area contributed by atoms with E-state index in [4.69, 9.17) is 0 Å². The van der Waals surface area contributed by atoms with Crippen molar-refractivity contribution in [3.05, 3.63) is 59.7 Å². The lowest BCUT2D eigenvalue weighted by Gasteiger charge is -2.47. The third-order valence-electron chi connectivity index (χ3n) is 6.94. The molecule has 1 aliphatic heterocycles. The van der Waals surface area contributed by atoms with Gasteiger partial charge in [0.2, 0.25) is 21.8 Å². The van der Waals surface area contributed by atoms with Crippen LogP contribution in [0.4, 0.5) is 5.69 Å². The molecule has 1 N–H and O–H groups in total. The number of carbonyl (C=O) groups is 2. The monoisotopic (exact) mass is 483 g/mol. The van der Waals surface area contributed by atoms with Crippen LogP contribution in [0.15, 0.2) is 53.4 Å². The van der Waals surface area contributed by atoms with Crippen molar-refractivity contribution in [2.24, 2.45) is 0 Å². The Morgan fingerprint density at radius 2 is 1.71 bits per heavy atom. The van der Waals surface area contributed by atoms with Gasteiger partial charge in [0.1, 0.15) is 5.54 Å². The van der Waals surface area contributed by atoms with E-state index in [1.54, 1.807) is 25.1 Å². The minimum atomic E-state index is -3.95. The van der Waals surface area contributed by atoms with E-state index in [-0.39, 0.29) is 29.9 Å². The molecule has 4 rings (SSSR count). The summed E-state index contributed by atoms with van der Waals surface area (Å²) in [7, 11) is -3.95. The molecule has 0 aromatic heterocycles. The highest BCUT2D eigenvalue weighted by Crippen LogP contribution is 2.34. The zero-order valence-electron chi connectivity index (χ0n) is 20.1. The van der Waals surface area contributed by atoms with Gasteiger partial charge in [0.05, 0.1) is 11.4 Å². The van der Waals surface area contributed by atoms with E-state index in [9.17, 15) is 18.0 Å². The van der Waals surface area contributed by atoms with Gasteiger partial charge < -0.3 is 5.32 Å². The maximum atomic E-state index is 13.8. The van der Waals surface area contributed by atoms with Crippen LogP contribution in [-0.2, 0) is 19.6 Å². The summed E-state index contributed by atoms with van der Waals surface area (Å²) in [6, 6.07) is 13.8. The van der Waals surface area contributed by atoms with E-state index >= 15 is 0 Å². The highest BCUT2D eigenvalue weighted by molar-refractivity contribution is 7.89. The molecule has 1 saturated carbocycles. The van der Waals surface area contributed by atoms with Crippen molar-refractivity contribution in [3.8, 4) is 0 Å². The van der Waals surface area contributed by atoms with Crippen molar-refractivity contribution < 1.29 is 18.0 Å². The molecule has 34 heavy (non-hydrogen) atoms. The molecule has 1 atom stereocenters. The van der Waals surface area contributed by atoms with Crippen molar-refractivity contribution in [2.45, 2.75) is 69.4 Å². The predicted molar refractivity (Wildman–Crippen MR) is 132 cm³/mol. The number of rotatable bonds is 5. The fourth-order valence-electron chi connectivity index (χ4n) is 5.10. The second-order valence-electron chi connectivity index (χ2n) is 9.69. The molecular weight excluding hydrogens is 450 g/mol. The normalized spacial score (nSPS) is 22.6. The number of anilines is 1. The molecule has 2 aromatic carbocycles. The van der Waals surface area contributed by atoms with Gasteiger partial charge in [-0.3, -0.25) is 14.5 Å². The van der Waals surface area contributed by atoms with Gasteiger partial charge in [-0.2, -0.15) is 4.31 Å². The lowest BCUT2D eigenvalue weighted by Crippen LogP contribution is -2.71. The first kappa shape index (κ1) is 24.4. The first-order valence-electron chi connectivity index (χ1n) is 11.9. The van der Waals surface area contributed by atoms with E-state index in [0.29, 0.717) is 5.69 Å². The molecule has 0 radical (unpaired) electrons. The van der Waals surface area contributed by atoms with Gasteiger partial charge >= 0.3 is 0 Å². The van der Waals surface area contributed by atoms with Gasteiger partial charge in [0.15, 0.2) is 0 Å². The summed E-state index contributed by atoms with van der Waals surface area (Å²) in [6.45, 7) is 5.10. The Morgan fingerprint density at radius 1 is 1.03 bits per heavy atom. The van der Waals surface area contributed by atoms with Crippen LogP contribution < -0.4 is 10.2 Å². The molecule has 2 aliphatic rings. The number of benzene rings is 2. The van der Waals surface area contributed by atoms with Crippen LogP contribution in [0.1, 0.15) is 50.2 Å². The average Bonchev–Trinajstić information content (AvgIpc) is 2.81. The zero-order chi connectivity index (χ0) is 24.5. The molecule has 182 valence electrons. The minimum Gasteiger partial charge on any atom is -0.351 e. The lowest BCUT2D eigenvalue weighted by molar-refractivity contribution is -0.133. The van der Waals surface area contributed by atoms with E-state index < -0.39 is 21.5 Å². The molecule has 0 spiro atoms. The molecule has 1 saturated heterocycles. The summed E-state index contributed by atoms with van der Waals surface area (Å²) < 4.78 is 28.0. The Bertz CT molecular complexity index is 1180. The van der Waals surface area contributed by atoms with E-state index in [1.165, 1.54) is 17.0 Å². The number of piperazine rings is 1. The van der Waals surface area contributed by atoms with E-state index in [1.807, 2.05) is 32.0 Å². The molecule has 0 unspecified atom stereocenters. The first-order valence-corrected chi connectivity index (χ1v) is 13.3. The van der Waals surface area contributed by atoms with Crippen LogP contribution in [0.25, 0.3) is 0 Å². The number of carbonyl (C=O) groups excluding carboxylic acids is 2. The Labute approximate surface area is 202 Å². The topological polar surface area (TPSA) is 86.8 Å².